The van der Waals surface area contributed by atoms with Gasteiger partial charge in [0.15, 0.2) is 0 Å². The minimum absolute atomic E-state index is 0.983. The number of aryl methyl sites for hydroxylation is 2. The molecule has 0 saturated carbocycles. The molecule has 0 bridgehead atoms. The van der Waals surface area contributed by atoms with Crippen molar-refractivity contribution in [3.63, 3.8) is 0 Å². The molecule has 104 valence electrons. The molecule has 1 aliphatic heterocycles. The summed E-state index contributed by atoms with van der Waals surface area (Å²) in [7, 11) is 0. The summed E-state index contributed by atoms with van der Waals surface area (Å²) in [4.78, 5) is 2.48. The van der Waals surface area contributed by atoms with E-state index in [1.165, 1.54) is 34.5 Å². The molecule has 0 amide bonds. The Bertz CT molecular complexity index is 604. The van der Waals surface area contributed by atoms with E-state index in [0.29, 0.717) is 0 Å². The van der Waals surface area contributed by atoms with Crippen molar-refractivity contribution in [2.75, 3.05) is 29.9 Å². The zero-order valence-electron chi connectivity index (χ0n) is 12.3. The van der Waals surface area contributed by atoms with E-state index < -0.39 is 0 Å². The summed E-state index contributed by atoms with van der Waals surface area (Å²) in [5, 5.41) is 3.53. The van der Waals surface area contributed by atoms with E-state index in [-0.39, 0.29) is 0 Å². The van der Waals surface area contributed by atoms with E-state index in [9.17, 15) is 0 Å². The Balaban J connectivity index is 1.57. The predicted molar refractivity (Wildman–Crippen MR) is 86.8 cm³/mol. The number of fused-ring (bicyclic) bond motifs is 1. The molecular formula is C18H22N2. The summed E-state index contributed by atoms with van der Waals surface area (Å²) in [6, 6.07) is 15.3. The molecule has 2 heteroatoms. The molecule has 2 aromatic rings. The largest absolute Gasteiger partial charge is 0.383 e. The summed E-state index contributed by atoms with van der Waals surface area (Å²) in [6.07, 6.45) is 1.18. The number of anilines is 2. The Morgan fingerprint density at radius 2 is 1.90 bits per heavy atom. The molecule has 20 heavy (non-hydrogen) atoms. The lowest BCUT2D eigenvalue weighted by atomic mass is 10.1. The highest BCUT2D eigenvalue weighted by molar-refractivity contribution is 5.58. The minimum atomic E-state index is 0.983. The van der Waals surface area contributed by atoms with Crippen molar-refractivity contribution in [1.29, 1.82) is 0 Å². The van der Waals surface area contributed by atoms with Crippen molar-refractivity contribution in [1.82, 2.24) is 0 Å². The highest BCUT2D eigenvalue weighted by Gasteiger charge is 2.17. The van der Waals surface area contributed by atoms with Crippen LogP contribution in [0.15, 0.2) is 42.5 Å². The van der Waals surface area contributed by atoms with Gasteiger partial charge in [0.1, 0.15) is 0 Å². The van der Waals surface area contributed by atoms with E-state index in [4.69, 9.17) is 0 Å². The molecule has 2 aromatic carbocycles. The Morgan fingerprint density at radius 3 is 2.75 bits per heavy atom. The first-order valence-electron chi connectivity index (χ1n) is 7.38. The maximum atomic E-state index is 3.53. The average Bonchev–Trinajstić information content (AvgIpc) is 2.86. The van der Waals surface area contributed by atoms with Gasteiger partial charge in [-0.05, 0) is 55.2 Å². The van der Waals surface area contributed by atoms with Crippen molar-refractivity contribution >= 4 is 11.4 Å². The Kier molecular flexibility index (Phi) is 3.64. The maximum absolute atomic E-state index is 3.53. The van der Waals surface area contributed by atoms with Gasteiger partial charge in [-0.3, -0.25) is 0 Å². The van der Waals surface area contributed by atoms with Gasteiger partial charge >= 0.3 is 0 Å². The second kappa shape index (κ2) is 5.58. The summed E-state index contributed by atoms with van der Waals surface area (Å²) in [5.74, 6) is 0. The normalized spacial score (nSPS) is 13.4. The van der Waals surface area contributed by atoms with Gasteiger partial charge in [0.25, 0.3) is 0 Å². The van der Waals surface area contributed by atoms with Gasteiger partial charge in [-0.1, -0.05) is 24.3 Å². The minimum Gasteiger partial charge on any atom is -0.383 e. The number of para-hydroxylation sites is 1. The summed E-state index contributed by atoms with van der Waals surface area (Å²) >= 11 is 0. The second-order valence-corrected chi connectivity index (χ2v) is 5.59. The summed E-state index contributed by atoms with van der Waals surface area (Å²) in [5.41, 5.74) is 6.82. The molecule has 0 aliphatic carbocycles. The fourth-order valence-corrected chi connectivity index (χ4v) is 2.83. The molecule has 0 aromatic heterocycles. The third-order valence-electron chi connectivity index (χ3n) is 4.20. The highest BCUT2D eigenvalue weighted by Crippen LogP contribution is 2.26. The maximum Gasteiger partial charge on any atom is 0.0400 e. The quantitative estimate of drug-likeness (QED) is 0.906. The lowest BCUT2D eigenvalue weighted by Crippen LogP contribution is -2.27. The van der Waals surface area contributed by atoms with Crippen LogP contribution in [0.25, 0.3) is 0 Å². The van der Waals surface area contributed by atoms with Gasteiger partial charge in [-0.25, -0.2) is 0 Å². The molecule has 3 rings (SSSR count). The topological polar surface area (TPSA) is 15.3 Å². The summed E-state index contributed by atoms with van der Waals surface area (Å²) in [6.45, 7) is 7.51. The van der Waals surface area contributed by atoms with Crippen molar-refractivity contribution in [3.8, 4) is 0 Å². The van der Waals surface area contributed by atoms with Crippen LogP contribution in [-0.4, -0.2) is 19.6 Å². The fourth-order valence-electron chi connectivity index (χ4n) is 2.83. The lowest BCUT2D eigenvalue weighted by Gasteiger charge is -2.20. The van der Waals surface area contributed by atoms with Crippen molar-refractivity contribution in [3.05, 3.63) is 59.2 Å². The number of benzene rings is 2. The highest BCUT2D eigenvalue weighted by atomic mass is 15.2. The van der Waals surface area contributed by atoms with Gasteiger partial charge in [-0.2, -0.15) is 0 Å². The smallest absolute Gasteiger partial charge is 0.0400 e. The van der Waals surface area contributed by atoms with Crippen molar-refractivity contribution < 1.29 is 0 Å². The molecule has 0 saturated heterocycles. The third-order valence-corrected chi connectivity index (χ3v) is 4.20. The molecule has 0 spiro atoms. The Morgan fingerprint density at radius 1 is 1.05 bits per heavy atom. The van der Waals surface area contributed by atoms with Crippen LogP contribution in [0, 0.1) is 13.8 Å². The van der Waals surface area contributed by atoms with Crippen LogP contribution < -0.4 is 10.2 Å². The Labute approximate surface area is 121 Å². The third kappa shape index (κ3) is 2.64. The first-order valence-corrected chi connectivity index (χ1v) is 7.38. The van der Waals surface area contributed by atoms with E-state index in [2.05, 4.69) is 66.5 Å². The molecule has 2 nitrogen and oxygen atoms in total. The van der Waals surface area contributed by atoms with Crippen molar-refractivity contribution in [2.24, 2.45) is 0 Å². The van der Waals surface area contributed by atoms with E-state index in [0.717, 1.165) is 19.6 Å². The SMILES string of the molecule is Cc1ccc(NCCN2CCc3ccccc32)cc1C. The standard InChI is InChI=1S/C18H22N2/c1-14-7-8-17(13-15(14)2)19-10-12-20-11-9-16-5-3-4-6-18(16)20/h3-8,13,19H,9-12H2,1-2H3. The first kappa shape index (κ1) is 13.0. The zero-order chi connectivity index (χ0) is 13.9. The number of nitrogens with zero attached hydrogens (tertiary/aromatic N) is 1. The average molecular weight is 266 g/mol. The van der Waals surface area contributed by atoms with Crippen LogP contribution in [0.4, 0.5) is 11.4 Å². The zero-order valence-corrected chi connectivity index (χ0v) is 12.3. The molecule has 1 aliphatic rings. The van der Waals surface area contributed by atoms with E-state index in [1.807, 2.05) is 0 Å². The lowest BCUT2D eigenvalue weighted by molar-refractivity contribution is 0.839. The van der Waals surface area contributed by atoms with Crippen LogP contribution >= 0.6 is 0 Å². The van der Waals surface area contributed by atoms with Crippen LogP contribution in [0.3, 0.4) is 0 Å². The van der Waals surface area contributed by atoms with Gasteiger partial charge in [0, 0.05) is 31.0 Å². The number of nitrogens with one attached hydrogen (secondary N) is 1. The molecular weight excluding hydrogens is 244 g/mol. The number of rotatable bonds is 4. The molecule has 0 atom stereocenters. The number of hydrogen-bond donors (Lipinski definition) is 1. The molecule has 1 heterocycles. The Hall–Kier alpha value is -1.96. The fraction of sp³-hybridized carbons (Fsp3) is 0.333. The molecule has 0 radical (unpaired) electrons. The second-order valence-electron chi connectivity index (χ2n) is 5.59. The van der Waals surface area contributed by atoms with Crippen LogP contribution in [0.5, 0.6) is 0 Å². The predicted octanol–water partition coefficient (Wildman–Crippen LogP) is 3.78. The van der Waals surface area contributed by atoms with Gasteiger partial charge in [0.05, 0.1) is 0 Å². The van der Waals surface area contributed by atoms with Crippen LogP contribution in [0.2, 0.25) is 0 Å². The van der Waals surface area contributed by atoms with Gasteiger partial charge in [-0.15, -0.1) is 0 Å². The molecule has 0 unspecified atom stereocenters. The van der Waals surface area contributed by atoms with E-state index in [1.54, 1.807) is 0 Å². The van der Waals surface area contributed by atoms with Crippen LogP contribution in [0.1, 0.15) is 16.7 Å². The molecule has 0 fully saturated rings. The van der Waals surface area contributed by atoms with Crippen LogP contribution in [-0.2, 0) is 6.42 Å². The van der Waals surface area contributed by atoms with Crippen molar-refractivity contribution in [2.45, 2.75) is 20.3 Å². The van der Waals surface area contributed by atoms with Gasteiger partial charge < -0.3 is 10.2 Å². The molecule has 1 N–H and O–H groups in total. The van der Waals surface area contributed by atoms with E-state index >= 15 is 0 Å². The monoisotopic (exact) mass is 266 g/mol. The summed E-state index contributed by atoms with van der Waals surface area (Å²) < 4.78 is 0. The van der Waals surface area contributed by atoms with Gasteiger partial charge in [0.2, 0.25) is 0 Å². The first-order chi connectivity index (χ1) is 9.74. The number of hydrogen-bond acceptors (Lipinski definition) is 2.